The first kappa shape index (κ1) is 19.4. The molecule has 2 aromatic rings. The summed E-state index contributed by atoms with van der Waals surface area (Å²) in [5.74, 6) is 0.937. The van der Waals surface area contributed by atoms with E-state index in [1.807, 2.05) is 24.3 Å². The number of aryl methyl sites for hydroxylation is 1. The number of hydrogen-bond acceptors (Lipinski definition) is 3. The van der Waals surface area contributed by atoms with E-state index < -0.39 is 0 Å². The number of ether oxygens (including phenoxy) is 1. The lowest BCUT2D eigenvalue weighted by atomic mass is 10.0. The minimum Gasteiger partial charge on any atom is -0.497 e. The third kappa shape index (κ3) is 6.10. The third-order valence-corrected chi connectivity index (χ3v) is 5.24. The number of methoxy groups -OCH3 is 1. The van der Waals surface area contributed by atoms with Crippen LogP contribution < -0.4 is 10.1 Å². The Morgan fingerprint density at radius 1 is 1.00 bits per heavy atom. The lowest BCUT2D eigenvalue weighted by Gasteiger charge is -2.27. The van der Waals surface area contributed by atoms with E-state index in [9.17, 15) is 4.79 Å². The first-order valence-electron chi connectivity index (χ1n) is 9.93. The summed E-state index contributed by atoms with van der Waals surface area (Å²) < 4.78 is 5.17. The summed E-state index contributed by atoms with van der Waals surface area (Å²) >= 11 is 0. The highest BCUT2D eigenvalue weighted by atomic mass is 16.5. The summed E-state index contributed by atoms with van der Waals surface area (Å²) in [7, 11) is 1.66. The van der Waals surface area contributed by atoms with Crippen molar-refractivity contribution in [3.8, 4) is 5.75 Å². The van der Waals surface area contributed by atoms with E-state index in [4.69, 9.17) is 4.74 Å². The van der Waals surface area contributed by atoms with Crippen molar-refractivity contribution in [2.75, 3.05) is 20.2 Å². The van der Waals surface area contributed by atoms with Crippen molar-refractivity contribution >= 4 is 5.91 Å². The van der Waals surface area contributed by atoms with Crippen LogP contribution in [0.15, 0.2) is 48.5 Å². The number of piperidine rings is 1. The van der Waals surface area contributed by atoms with Crippen molar-refractivity contribution in [2.45, 2.75) is 45.2 Å². The highest BCUT2D eigenvalue weighted by Crippen LogP contribution is 2.16. The molecule has 0 unspecified atom stereocenters. The second-order valence-corrected chi connectivity index (χ2v) is 7.23. The van der Waals surface area contributed by atoms with Crippen LogP contribution >= 0.6 is 0 Å². The largest absolute Gasteiger partial charge is 0.497 e. The number of nitrogens with one attached hydrogen (secondary N) is 1. The number of nitrogens with zero attached hydrogens (tertiary/aromatic N) is 1. The van der Waals surface area contributed by atoms with Crippen molar-refractivity contribution in [1.82, 2.24) is 10.2 Å². The molecule has 4 heteroatoms. The molecule has 0 saturated carbocycles. The molecule has 1 fully saturated rings. The monoisotopic (exact) mass is 366 g/mol. The van der Waals surface area contributed by atoms with E-state index in [1.54, 1.807) is 7.11 Å². The number of hydrogen-bond donors (Lipinski definition) is 1. The Bertz CT molecular complexity index is 721. The molecular weight excluding hydrogens is 336 g/mol. The van der Waals surface area contributed by atoms with Crippen LogP contribution in [0, 0.1) is 0 Å². The Hall–Kier alpha value is -2.33. The number of carbonyl (C=O) groups excluding carboxylic acids is 1. The molecule has 1 N–H and O–H groups in total. The second kappa shape index (κ2) is 10.1. The van der Waals surface area contributed by atoms with Gasteiger partial charge in [0.2, 0.25) is 5.91 Å². The first-order valence-corrected chi connectivity index (χ1v) is 9.93. The fourth-order valence-corrected chi connectivity index (χ4v) is 3.57. The molecule has 2 aromatic carbocycles. The van der Waals surface area contributed by atoms with Gasteiger partial charge in [-0.15, -0.1) is 0 Å². The molecule has 0 radical (unpaired) electrons. The second-order valence-electron chi connectivity index (χ2n) is 7.23. The fourth-order valence-electron chi connectivity index (χ4n) is 3.57. The molecule has 3 rings (SSSR count). The van der Waals surface area contributed by atoms with Crippen molar-refractivity contribution in [3.63, 3.8) is 0 Å². The van der Waals surface area contributed by atoms with Crippen molar-refractivity contribution in [3.05, 3.63) is 65.2 Å². The number of rotatable bonds is 8. The molecule has 0 atom stereocenters. The van der Waals surface area contributed by atoms with Crippen LogP contribution in [0.2, 0.25) is 0 Å². The van der Waals surface area contributed by atoms with Gasteiger partial charge in [0.15, 0.2) is 0 Å². The van der Waals surface area contributed by atoms with Gasteiger partial charge in [0.05, 0.1) is 7.11 Å². The summed E-state index contributed by atoms with van der Waals surface area (Å²) in [4.78, 5) is 14.8. The van der Waals surface area contributed by atoms with Gasteiger partial charge in [-0.2, -0.15) is 0 Å². The normalized spacial score (nSPS) is 14.7. The number of carbonyl (C=O) groups is 1. The Morgan fingerprint density at radius 2 is 1.70 bits per heavy atom. The average Bonchev–Trinajstić information content (AvgIpc) is 2.73. The minimum atomic E-state index is 0.0959. The highest BCUT2D eigenvalue weighted by Gasteiger charge is 2.12. The van der Waals surface area contributed by atoms with Gasteiger partial charge in [-0.25, -0.2) is 0 Å². The highest BCUT2D eigenvalue weighted by molar-refractivity contribution is 5.76. The molecule has 1 aliphatic rings. The van der Waals surface area contributed by atoms with Gasteiger partial charge < -0.3 is 10.1 Å². The lowest BCUT2D eigenvalue weighted by molar-refractivity contribution is -0.121. The summed E-state index contributed by atoms with van der Waals surface area (Å²) in [5.41, 5.74) is 3.70. The molecule has 1 amide bonds. The van der Waals surface area contributed by atoms with Gasteiger partial charge in [-0.3, -0.25) is 9.69 Å². The Labute approximate surface area is 162 Å². The van der Waals surface area contributed by atoms with Gasteiger partial charge in [0.25, 0.3) is 0 Å². The smallest absolute Gasteiger partial charge is 0.220 e. The number of amides is 1. The standard InChI is InChI=1S/C23H30N2O2/c1-27-22-12-9-19(10-13-22)11-14-23(26)24-17-20-7-3-4-8-21(20)18-25-15-5-2-6-16-25/h3-4,7-10,12-13H,2,5-6,11,14-18H2,1H3,(H,24,26). The van der Waals surface area contributed by atoms with Crippen LogP contribution in [-0.2, 0) is 24.3 Å². The molecular formula is C23H30N2O2. The number of likely N-dealkylation sites (tertiary alicyclic amines) is 1. The van der Waals surface area contributed by atoms with Crippen molar-refractivity contribution in [2.24, 2.45) is 0 Å². The summed E-state index contributed by atoms with van der Waals surface area (Å²) in [6.07, 6.45) is 5.18. The van der Waals surface area contributed by atoms with E-state index in [0.29, 0.717) is 13.0 Å². The molecule has 0 bridgehead atoms. The average molecular weight is 367 g/mol. The Morgan fingerprint density at radius 3 is 2.41 bits per heavy atom. The van der Waals surface area contributed by atoms with Gasteiger partial charge in [0.1, 0.15) is 5.75 Å². The predicted molar refractivity (Wildman–Crippen MR) is 109 cm³/mol. The van der Waals surface area contributed by atoms with Crippen LogP contribution in [0.3, 0.4) is 0 Å². The van der Waals surface area contributed by atoms with Gasteiger partial charge in [-0.05, 0) is 61.2 Å². The summed E-state index contributed by atoms with van der Waals surface area (Å²) in [6, 6.07) is 16.4. The zero-order chi connectivity index (χ0) is 18.9. The van der Waals surface area contributed by atoms with Crippen molar-refractivity contribution in [1.29, 1.82) is 0 Å². The van der Waals surface area contributed by atoms with E-state index in [2.05, 4.69) is 34.5 Å². The van der Waals surface area contributed by atoms with E-state index in [1.165, 1.54) is 43.5 Å². The molecule has 4 nitrogen and oxygen atoms in total. The summed E-state index contributed by atoms with van der Waals surface area (Å²) in [6.45, 7) is 3.95. The maximum atomic E-state index is 12.3. The van der Waals surface area contributed by atoms with Crippen LogP contribution in [0.4, 0.5) is 0 Å². The van der Waals surface area contributed by atoms with Crippen LogP contribution in [0.25, 0.3) is 0 Å². The van der Waals surface area contributed by atoms with Crippen LogP contribution in [-0.4, -0.2) is 31.0 Å². The third-order valence-electron chi connectivity index (χ3n) is 5.24. The molecule has 1 saturated heterocycles. The molecule has 0 aromatic heterocycles. The molecule has 144 valence electrons. The Balaban J connectivity index is 1.47. The van der Waals surface area contributed by atoms with E-state index >= 15 is 0 Å². The first-order chi connectivity index (χ1) is 13.2. The number of benzene rings is 2. The predicted octanol–water partition coefficient (Wildman–Crippen LogP) is 3.93. The molecule has 1 heterocycles. The minimum absolute atomic E-state index is 0.0959. The Kier molecular flexibility index (Phi) is 7.28. The van der Waals surface area contributed by atoms with E-state index in [0.717, 1.165) is 24.3 Å². The molecule has 1 aliphatic heterocycles. The van der Waals surface area contributed by atoms with Crippen LogP contribution in [0.5, 0.6) is 5.75 Å². The maximum absolute atomic E-state index is 12.3. The fraction of sp³-hybridized carbons (Fsp3) is 0.435. The van der Waals surface area contributed by atoms with E-state index in [-0.39, 0.29) is 5.91 Å². The topological polar surface area (TPSA) is 41.6 Å². The molecule has 27 heavy (non-hydrogen) atoms. The lowest BCUT2D eigenvalue weighted by Crippen LogP contribution is -2.30. The summed E-state index contributed by atoms with van der Waals surface area (Å²) in [5, 5.41) is 3.09. The zero-order valence-corrected chi connectivity index (χ0v) is 16.2. The van der Waals surface area contributed by atoms with Crippen molar-refractivity contribution < 1.29 is 9.53 Å². The van der Waals surface area contributed by atoms with Gasteiger partial charge >= 0.3 is 0 Å². The maximum Gasteiger partial charge on any atom is 0.220 e. The zero-order valence-electron chi connectivity index (χ0n) is 16.2. The quantitative estimate of drug-likeness (QED) is 0.770. The van der Waals surface area contributed by atoms with Gasteiger partial charge in [0, 0.05) is 19.5 Å². The van der Waals surface area contributed by atoms with Gasteiger partial charge in [-0.1, -0.05) is 42.8 Å². The van der Waals surface area contributed by atoms with Crippen LogP contribution in [0.1, 0.15) is 42.4 Å². The molecule has 0 spiro atoms. The SMILES string of the molecule is COc1ccc(CCC(=O)NCc2ccccc2CN2CCCCC2)cc1. The molecule has 0 aliphatic carbocycles.